The van der Waals surface area contributed by atoms with Crippen molar-refractivity contribution in [2.75, 3.05) is 19.5 Å². The van der Waals surface area contributed by atoms with E-state index in [0.717, 1.165) is 16.7 Å². The summed E-state index contributed by atoms with van der Waals surface area (Å²) >= 11 is 1.51. The van der Waals surface area contributed by atoms with Gasteiger partial charge in [0.1, 0.15) is 10.6 Å². The third-order valence-electron chi connectivity index (χ3n) is 4.03. The molecule has 6 heteroatoms. The van der Waals surface area contributed by atoms with Crippen LogP contribution >= 0.6 is 11.8 Å². The first-order valence-electron chi connectivity index (χ1n) is 7.86. The van der Waals surface area contributed by atoms with Crippen LogP contribution in [-0.4, -0.2) is 31.3 Å². The molecule has 0 bridgehead atoms. The maximum absolute atomic E-state index is 12.0. The Labute approximate surface area is 150 Å². The number of carbonyl (C=O) groups excluding carboxylic acids is 2. The van der Waals surface area contributed by atoms with Crippen molar-refractivity contribution >= 4 is 23.6 Å². The van der Waals surface area contributed by atoms with Gasteiger partial charge in [0.25, 0.3) is 0 Å². The first kappa shape index (κ1) is 17.4. The number of aryl methyl sites for hydroxylation is 1. The fraction of sp³-hybridized carbons (Fsp3) is 0.263. The fourth-order valence-corrected chi connectivity index (χ4v) is 4.00. The summed E-state index contributed by atoms with van der Waals surface area (Å²) < 4.78 is 10.3. The van der Waals surface area contributed by atoms with Gasteiger partial charge in [0, 0.05) is 5.56 Å². The summed E-state index contributed by atoms with van der Waals surface area (Å²) in [4.78, 5) is 22.7. The number of ether oxygens (including phenoxy) is 2. The predicted octanol–water partition coefficient (Wildman–Crippen LogP) is 2.61. The lowest BCUT2D eigenvalue weighted by atomic mass is 9.96. The third kappa shape index (κ3) is 3.49. The quantitative estimate of drug-likeness (QED) is 0.834. The zero-order valence-corrected chi connectivity index (χ0v) is 14.9. The Bertz CT molecular complexity index is 790. The molecule has 130 valence electrons. The Kier molecular flexibility index (Phi) is 4.99. The van der Waals surface area contributed by atoms with Gasteiger partial charge in [-0.3, -0.25) is 4.79 Å². The van der Waals surface area contributed by atoms with Crippen LogP contribution < -0.4 is 10.1 Å². The smallest absolute Gasteiger partial charge is 0.343 e. The van der Waals surface area contributed by atoms with Crippen molar-refractivity contribution in [3.8, 4) is 5.75 Å². The number of methoxy groups -OCH3 is 1. The van der Waals surface area contributed by atoms with Gasteiger partial charge in [-0.2, -0.15) is 0 Å². The molecular formula is C19H19NO4S. The molecule has 1 aliphatic heterocycles. The summed E-state index contributed by atoms with van der Waals surface area (Å²) in [6, 6.07) is 15.5. The molecule has 1 saturated heterocycles. The van der Waals surface area contributed by atoms with E-state index in [9.17, 15) is 9.59 Å². The van der Waals surface area contributed by atoms with Gasteiger partial charge in [0.2, 0.25) is 5.91 Å². The normalized spacial score (nSPS) is 19.4. The zero-order valence-electron chi connectivity index (χ0n) is 14.1. The second-order valence-corrected chi connectivity index (χ2v) is 6.93. The molecule has 2 aromatic rings. The maximum Gasteiger partial charge on any atom is 0.343 e. The van der Waals surface area contributed by atoms with Gasteiger partial charge >= 0.3 is 5.97 Å². The van der Waals surface area contributed by atoms with E-state index < -0.39 is 10.8 Å². The molecule has 0 spiro atoms. The van der Waals surface area contributed by atoms with Gasteiger partial charge < -0.3 is 14.8 Å². The fourth-order valence-electron chi connectivity index (χ4n) is 2.77. The van der Waals surface area contributed by atoms with Crippen LogP contribution in [0.25, 0.3) is 0 Å². The van der Waals surface area contributed by atoms with Crippen molar-refractivity contribution in [1.82, 2.24) is 5.32 Å². The Morgan fingerprint density at radius 2 is 1.92 bits per heavy atom. The van der Waals surface area contributed by atoms with Gasteiger partial charge in [0.15, 0.2) is 6.61 Å². The van der Waals surface area contributed by atoms with Crippen LogP contribution in [0.15, 0.2) is 48.5 Å². The maximum atomic E-state index is 12.0. The number of para-hydroxylation sites is 1. The van der Waals surface area contributed by atoms with Gasteiger partial charge in [-0.05, 0) is 18.6 Å². The first-order chi connectivity index (χ1) is 12.0. The lowest BCUT2D eigenvalue weighted by Gasteiger charge is -2.31. The third-order valence-corrected chi connectivity index (χ3v) is 5.43. The van der Waals surface area contributed by atoms with Crippen molar-refractivity contribution in [1.29, 1.82) is 0 Å². The monoisotopic (exact) mass is 357 g/mol. The highest BCUT2D eigenvalue weighted by atomic mass is 32.2. The molecule has 25 heavy (non-hydrogen) atoms. The summed E-state index contributed by atoms with van der Waals surface area (Å²) in [5.74, 6) is 0.415. The average molecular weight is 357 g/mol. The predicted molar refractivity (Wildman–Crippen MR) is 96.5 cm³/mol. The number of hydrogen-bond donors (Lipinski definition) is 1. The Morgan fingerprint density at radius 3 is 2.56 bits per heavy atom. The van der Waals surface area contributed by atoms with Crippen molar-refractivity contribution < 1.29 is 19.1 Å². The van der Waals surface area contributed by atoms with Crippen LogP contribution in [0.4, 0.5) is 0 Å². The van der Waals surface area contributed by atoms with Crippen LogP contribution in [0.1, 0.15) is 16.7 Å². The summed E-state index contributed by atoms with van der Waals surface area (Å²) in [5, 5.41) is 3.09. The molecule has 1 unspecified atom stereocenters. The van der Waals surface area contributed by atoms with Crippen molar-refractivity contribution in [3.63, 3.8) is 0 Å². The molecule has 2 aromatic carbocycles. The van der Waals surface area contributed by atoms with E-state index in [2.05, 4.69) is 10.1 Å². The highest BCUT2D eigenvalue weighted by Gasteiger charge is 2.43. The molecular weight excluding hydrogens is 338 g/mol. The highest BCUT2D eigenvalue weighted by Crippen LogP contribution is 2.47. The lowest BCUT2D eigenvalue weighted by molar-refractivity contribution is -0.143. The second kappa shape index (κ2) is 7.19. The van der Waals surface area contributed by atoms with Crippen LogP contribution in [-0.2, 0) is 19.2 Å². The number of thioether (sulfide) groups is 1. The Hall–Kier alpha value is -2.47. The van der Waals surface area contributed by atoms with Gasteiger partial charge in [-0.15, -0.1) is 11.8 Å². The molecule has 3 rings (SSSR count). The summed E-state index contributed by atoms with van der Waals surface area (Å²) in [6.07, 6.45) is 0. The molecule has 1 fully saturated rings. The van der Waals surface area contributed by atoms with Crippen LogP contribution in [0.5, 0.6) is 5.75 Å². The van der Waals surface area contributed by atoms with Crippen LogP contribution in [0.2, 0.25) is 0 Å². The van der Waals surface area contributed by atoms with Crippen LogP contribution in [0.3, 0.4) is 0 Å². The van der Waals surface area contributed by atoms with E-state index in [1.807, 2.05) is 49.4 Å². The summed E-state index contributed by atoms with van der Waals surface area (Å²) in [7, 11) is 1.32. The van der Waals surface area contributed by atoms with E-state index in [1.165, 1.54) is 18.9 Å². The molecule has 1 aliphatic rings. The molecule has 0 radical (unpaired) electrons. The minimum atomic E-state index is -0.739. The van der Waals surface area contributed by atoms with E-state index in [1.54, 1.807) is 6.07 Å². The zero-order chi connectivity index (χ0) is 17.9. The lowest BCUT2D eigenvalue weighted by Crippen LogP contribution is -2.38. The number of amides is 1. The number of hydrogen-bond acceptors (Lipinski definition) is 5. The second-order valence-electron chi connectivity index (χ2n) is 5.75. The molecule has 0 aromatic heterocycles. The standard InChI is InChI=1S/C19H19NO4S/c1-13-7-9-14(10-8-13)19(20-17(21)12-25-19)15-5-3-4-6-16(15)24-11-18(22)23-2/h3-10H,11-12H2,1-2H3,(H,20,21). The minimum Gasteiger partial charge on any atom is -0.481 e. The average Bonchev–Trinajstić information content (AvgIpc) is 3.03. The number of nitrogens with one attached hydrogen (secondary N) is 1. The molecule has 1 amide bonds. The number of rotatable bonds is 5. The summed E-state index contributed by atoms with van der Waals surface area (Å²) in [5.41, 5.74) is 2.91. The van der Waals surface area contributed by atoms with E-state index >= 15 is 0 Å². The molecule has 1 atom stereocenters. The van der Waals surface area contributed by atoms with Crippen LogP contribution in [0, 0.1) is 6.92 Å². The summed E-state index contributed by atoms with van der Waals surface area (Å²) in [6.45, 7) is 1.83. The Balaban J connectivity index is 2.04. The molecule has 1 N–H and O–H groups in total. The van der Waals surface area contributed by atoms with Gasteiger partial charge in [0.05, 0.1) is 12.9 Å². The largest absolute Gasteiger partial charge is 0.481 e. The molecule has 5 nitrogen and oxygen atoms in total. The van der Waals surface area contributed by atoms with E-state index in [-0.39, 0.29) is 12.5 Å². The number of benzene rings is 2. The van der Waals surface area contributed by atoms with Crippen molar-refractivity contribution in [3.05, 3.63) is 65.2 Å². The number of esters is 1. The molecule has 1 heterocycles. The first-order valence-corrected chi connectivity index (χ1v) is 8.85. The number of carbonyl (C=O) groups is 2. The topological polar surface area (TPSA) is 64.6 Å². The highest BCUT2D eigenvalue weighted by molar-refractivity contribution is 8.01. The van der Waals surface area contributed by atoms with Crippen molar-refractivity contribution in [2.24, 2.45) is 0 Å². The molecule has 0 saturated carbocycles. The minimum absolute atomic E-state index is 0.0339. The van der Waals surface area contributed by atoms with Gasteiger partial charge in [-0.1, -0.05) is 48.0 Å². The van der Waals surface area contributed by atoms with Crippen molar-refractivity contribution in [2.45, 2.75) is 11.8 Å². The van der Waals surface area contributed by atoms with E-state index in [4.69, 9.17) is 4.74 Å². The SMILES string of the molecule is COC(=O)COc1ccccc1C1(c2ccc(C)cc2)NC(=O)CS1. The van der Waals surface area contributed by atoms with Gasteiger partial charge in [-0.25, -0.2) is 4.79 Å². The Morgan fingerprint density at radius 1 is 1.20 bits per heavy atom. The van der Waals surface area contributed by atoms with E-state index in [0.29, 0.717) is 11.5 Å². The molecule has 0 aliphatic carbocycles.